The third-order valence-electron chi connectivity index (χ3n) is 5.66. The number of para-hydroxylation sites is 1. The monoisotopic (exact) mass is 349 g/mol. The van der Waals surface area contributed by atoms with Crippen LogP contribution in [0.4, 0.5) is 5.69 Å². The van der Waals surface area contributed by atoms with Crippen molar-refractivity contribution in [2.24, 2.45) is 0 Å². The van der Waals surface area contributed by atoms with Crippen LogP contribution in [0.5, 0.6) is 0 Å². The van der Waals surface area contributed by atoms with Gasteiger partial charge in [-0.05, 0) is 36.6 Å². The van der Waals surface area contributed by atoms with Crippen molar-refractivity contribution in [3.05, 3.63) is 65.7 Å². The zero-order valence-corrected chi connectivity index (χ0v) is 15.5. The van der Waals surface area contributed by atoms with Gasteiger partial charge in [-0.1, -0.05) is 48.5 Å². The summed E-state index contributed by atoms with van der Waals surface area (Å²) in [5, 5.41) is 0. The summed E-state index contributed by atoms with van der Waals surface area (Å²) in [4.78, 5) is 20.0. The molecule has 2 aromatic rings. The Bertz CT molecular complexity index is 761. The van der Waals surface area contributed by atoms with Gasteiger partial charge < -0.3 is 9.80 Å². The van der Waals surface area contributed by atoms with Crippen LogP contribution in [0, 0.1) is 0 Å². The van der Waals surface area contributed by atoms with Gasteiger partial charge in [-0.3, -0.25) is 9.69 Å². The first kappa shape index (κ1) is 17.1. The van der Waals surface area contributed by atoms with Gasteiger partial charge in [0.25, 0.3) is 0 Å². The molecule has 2 heterocycles. The smallest absolute Gasteiger partial charge is 0.240 e. The number of fused-ring (bicyclic) bond motifs is 1. The highest BCUT2D eigenvalue weighted by Gasteiger charge is 2.34. The van der Waals surface area contributed by atoms with E-state index in [0.29, 0.717) is 5.91 Å². The highest BCUT2D eigenvalue weighted by molar-refractivity contribution is 5.82. The molecule has 1 saturated heterocycles. The summed E-state index contributed by atoms with van der Waals surface area (Å²) >= 11 is 0. The molecule has 4 nitrogen and oxygen atoms in total. The highest BCUT2D eigenvalue weighted by atomic mass is 16.2. The number of hydrogen-bond acceptors (Lipinski definition) is 3. The van der Waals surface area contributed by atoms with Crippen LogP contribution in [0.25, 0.3) is 0 Å². The SMILES string of the molecule is CN1CCN(C(=O)C2CCCN2Cc2ccccc2)Cc2ccccc21. The van der Waals surface area contributed by atoms with E-state index in [1.807, 2.05) is 6.07 Å². The Morgan fingerprint density at radius 1 is 1.00 bits per heavy atom. The minimum Gasteiger partial charge on any atom is -0.373 e. The Morgan fingerprint density at radius 3 is 2.62 bits per heavy atom. The van der Waals surface area contributed by atoms with E-state index < -0.39 is 0 Å². The minimum absolute atomic E-state index is 0.0192. The van der Waals surface area contributed by atoms with E-state index in [1.165, 1.54) is 16.8 Å². The number of nitrogens with zero attached hydrogens (tertiary/aromatic N) is 3. The number of carbonyl (C=O) groups is 1. The van der Waals surface area contributed by atoms with Gasteiger partial charge in [0, 0.05) is 38.9 Å². The molecule has 1 atom stereocenters. The third kappa shape index (κ3) is 3.47. The van der Waals surface area contributed by atoms with Crippen LogP contribution in [0.3, 0.4) is 0 Å². The number of rotatable bonds is 3. The van der Waals surface area contributed by atoms with Crippen LogP contribution in [-0.2, 0) is 17.9 Å². The third-order valence-corrected chi connectivity index (χ3v) is 5.66. The average molecular weight is 349 g/mol. The molecule has 2 aliphatic rings. The molecule has 26 heavy (non-hydrogen) atoms. The van der Waals surface area contributed by atoms with E-state index in [-0.39, 0.29) is 6.04 Å². The van der Waals surface area contributed by atoms with E-state index >= 15 is 0 Å². The molecule has 1 fully saturated rings. The molecule has 0 radical (unpaired) electrons. The number of amides is 1. The molecule has 136 valence electrons. The minimum atomic E-state index is 0.0192. The number of carbonyl (C=O) groups excluding carboxylic acids is 1. The number of likely N-dealkylation sites (N-methyl/N-ethyl adjacent to an activating group) is 1. The average Bonchev–Trinajstić information content (AvgIpc) is 3.06. The van der Waals surface area contributed by atoms with Crippen LogP contribution in [0.15, 0.2) is 54.6 Å². The fourth-order valence-corrected chi connectivity index (χ4v) is 4.20. The van der Waals surface area contributed by atoms with Crippen molar-refractivity contribution in [2.45, 2.75) is 32.0 Å². The second-order valence-corrected chi connectivity index (χ2v) is 7.42. The summed E-state index contributed by atoms with van der Waals surface area (Å²) in [7, 11) is 2.12. The van der Waals surface area contributed by atoms with Gasteiger partial charge in [-0.15, -0.1) is 0 Å². The molecule has 4 rings (SSSR count). The van der Waals surface area contributed by atoms with Gasteiger partial charge >= 0.3 is 0 Å². The van der Waals surface area contributed by atoms with E-state index in [0.717, 1.165) is 45.6 Å². The first-order chi connectivity index (χ1) is 12.7. The molecule has 0 aromatic heterocycles. The Balaban J connectivity index is 1.50. The number of anilines is 1. The van der Waals surface area contributed by atoms with Crippen molar-refractivity contribution in [1.82, 2.24) is 9.80 Å². The van der Waals surface area contributed by atoms with E-state index in [4.69, 9.17) is 0 Å². The highest BCUT2D eigenvalue weighted by Crippen LogP contribution is 2.27. The second kappa shape index (κ2) is 7.50. The van der Waals surface area contributed by atoms with Gasteiger partial charge in [-0.25, -0.2) is 0 Å². The molecule has 4 heteroatoms. The molecular formula is C22H27N3O. The first-order valence-corrected chi connectivity index (χ1v) is 9.58. The van der Waals surface area contributed by atoms with Crippen LogP contribution < -0.4 is 4.90 Å². The molecule has 0 bridgehead atoms. The lowest BCUT2D eigenvalue weighted by Crippen LogP contribution is -2.46. The molecule has 2 aromatic carbocycles. The summed E-state index contributed by atoms with van der Waals surface area (Å²) in [6.45, 7) is 4.26. The Morgan fingerprint density at radius 2 is 1.77 bits per heavy atom. The summed E-state index contributed by atoms with van der Waals surface area (Å²) in [5.74, 6) is 0.295. The van der Waals surface area contributed by atoms with Crippen molar-refractivity contribution >= 4 is 11.6 Å². The van der Waals surface area contributed by atoms with Crippen molar-refractivity contribution < 1.29 is 4.79 Å². The maximum atomic E-state index is 13.3. The van der Waals surface area contributed by atoms with Crippen molar-refractivity contribution in [3.63, 3.8) is 0 Å². The number of benzene rings is 2. The van der Waals surface area contributed by atoms with Gasteiger partial charge in [0.05, 0.1) is 6.04 Å². The van der Waals surface area contributed by atoms with Crippen LogP contribution >= 0.6 is 0 Å². The van der Waals surface area contributed by atoms with Gasteiger partial charge in [-0.2, -0.15) is 0 Å². The summed E-state index contributed by atoms with van der Waals surface area (Å²) < 4.78 is 0. The van der Waals surface area contributed by atoms with Crippen molar-refractivity contribution in [2.75, 3.05) is 31.6 Å². The quantitative estimate of drug-likeness (QED) is 0.852. The van der Waals surface area contributed by atoms with Crippen molar-refractivity contribution in [3.8, 4) is 0 Å². The maximum Gasteiger partial charge on any atom is 0.240 e. The Kier molecular flexibility index (Phi) is 4.93. The van der Waals surface area contributed by atoms with Gasteiger partial charge in [0.2, 0.25) is 5.91 Å². The lowest BCUT2D eigenvalue weighted by Gasteiger charge is -2.29. The molecule has 1 unspecified atom stereocenters. The molecule has 1 amide bonds. The molecule has 0 aliphatic carbocycles. The van der Waals surface area contributed by atoms with Crippen LogP contribution in [0.1, 0.15) is 24.0 Å². The predicted molar refractivity (Wildman–Crippen MR) is 105 cm³/mol. The Hall–Kier alpha value is -2.33. The van der Waals surface area contributed by atoms with Crippen LogP contribution in [0.2, 0.25) is 0 Å². The van der Waals surface area contributed by atoms with Gasteiger partial charge in [0.15, 0.2) is 0 Å². The lowest BCUT2D eigenvalue weighted by atomic mass is 10.1. The van der Waals surface area contributed by atoms with E-state index in [2.05, 4.69) is 70.3 Å². The topological polar surface area (TPSA) is 26.8 Å². The summed E-state index contributed by atoms with van der Waals surface area (Å²) in [5.41, 5.74) is 3.77. The van der Waals surface area contributed by atoms with Gasteiger partial charge in [0.1, 0.15) is 0 Å². The normalized spacial score (nSPS) is 20.7. The summed E-state index contributed by atoms with van der Waals surface area (Å²) in [6, 6.07) is 19.0. The molecule has 0 saturated carbocycles. The van der Waals surface area contributed by atoms with E-state index in [1.54, 1.807) is 0 Å². The fourth-order valence-electron chi connectivity index (χ4n) is 4.20. The molecular weight excluding hydrogens is 322 g/mol. The van der Waals surface area contributed by atoms with Crippen molar-refractivity contribution in [1.29, 1.82) is 0 Å². The zero-order chi connectivity index (χ0) is 17.9. The fraction of sp³-hybridized carbons (Fsp3) is 0.409. The molecule has 0 N–H and O–H groups in total. The summed E-state index contributed by atoms with van der Waals surface area (Å²) in [6.07, 6.45) is 2.08. The van der Waals surface area contributed by atoms with Crippen LogP contribution in [-0.4, -0.2) is 48.4 Å². The Labute approximate surface area is 156 Å². The second-order valence-electron chi connectivity index (χ2n) is 7.42. The predicted octanol–water partition coefficient (Wildman–Crippen LogP) is 3.13. The molecule has 0 spiro atoms. The molecule has 2 aliphatic heterocycles. The van der Waals surface area contributed by atoms with E-state index in [9.17, 15) is 4.79 Å². The number of likely N-dealkylation sites (tertiary alicyclic amines) is 1. The lowest BCUT2D eigenvalue weighted by molar-refractivity contribution is -0.136. The first-order valence-electron chi connectivity index (χ1n) is 9.58. The zero-order valence-electron chi connectivity index (χ0n) is 15.5. The largest absolute Gasteiger partial charge is 0.373 e. The number of hydrogen-bond donors (Lipinski definition) is 0. The standard InChI is InChI=1S/C22H27N3O/c1-23-14-15-25(17-19-10-5-6-11-20(19)23)22(26)21-12-7-13-24(21)16-18-8-3-2-4-9-18/h2-6,8-11,21H,7,12-17H2,1H3. The maximum absolute atomic E-state index is 13.3.